The fourth-order valence-corrected chi connectivity index (χ4v) is 3.98. The lowest BCUT2D eigenvalue weighted by Crippen LogP contribution is -1.71. The number of thiophene rings is 1. The number of benzene rings is 1. The van der Waals surface area contributed by atoms with Crippen LogP contribution in [0.1, 0.15) is 4.88 Å². The molecule has 1 heterocycles. The summed E-state index contributed by atoms with van der Waals surface area (Å²) in [6, 6.07) is 6.40. The van der Waals surface area contributed by atoms with Crippen LogP contribution < -0.4 is 0 Å². The normalized spacial score (nSPS) is 11.1. The smallest absolute Gasteiger partial charge is 0.0568 e. The Balaban J connectivity index is 2.74. The third-order valence-corrected chi connectivity index (χ3v) is 5.21. The van der Waals surface area contributed by atoms with Crippen LogP contribution in [0.25, 0.3) is 10.1 Å². The Morgan fingerprint density at radius 3 is 2.93 bits per heavy atom. The Morgan fingerprint density at radius 1 is 1.50 bits per heavy atom. The van der Waals surface area contributed by atoms with Gasteiger partial charge in [0.25, 0.3) is 0 Å². The second-order valence-electron chi connectivity index (χ2n) is 2.84. The molecule has 0 unspecified atom stereocenters. The fraction of sp³-hybridized carbons (Fsp3) is 0.200. The molecule has 2 rings (SSSR count). The van der Waals surface area contributed by atoms with Crippen LogP contribution >= 0.6 is 50.6 Å². The summed E-state index contributed by atoms with van der Waals surface area (Å²) in [7, 11) is 0. The Hall–Kier alpha value is 0.300. The number of fused-ring (bicyclic) bond motifs is 1. The second kappa shape index (κ2) is 4.44. The molecule has 0 bridgehead atoms. The highest BCUT2D eigenvalue weighted by Crippen LogP contribution is 2.38. The Bertz CT molecular complexity index is 464. The van der Waals surface area contributed by atoms with Gasteiger partial charge in [0.2, 0.25) is 0 Å². The van der Waals surface area contributed by atoms with Crippen molar-refractivity contribution in [2.45, 2.75) is 10.8 Å². The van der Waals surface area contributed by atoms with Crippen LogP contribution in [0.3, 0.4) is 0 Å². The van der Waals surface area contributed by atoms with Crippen molar-refractivity contribution in [1.29, 1.82) is 0 Å². The molecule has 1 aromatic heterocycles. The molecule has 0 aliphatic rings. The number of rotatable bonds is 2. The number of hydrogen-bond acceptors (Lipinski definition) is 2. The maximum absolute atomic E-state index is 5.83. The zero-order valence-corrected chi connectivity index (χ0v) is 11.5. The summed E-state index contributed by atoms with van der Waals surface area (Å²) < 4.78 is 2.49. The Morgan fingerprint density at radius 2 is 2.29 bits per heavy atom. The first-order chi connectivity index (χ1) is 6.76. The van der Waals surface area contributed by atoms with Crippen LogP contribution in [0.15, 0.2) is 27.6 Å². The molecular weight excluding hydrogens is 300 g/mol. The monoisotopic (exact) mass is 306 g/mol. The summed E-state index contributed by atoms with van der Waals surface area (Å²) >= 11 is 12.9. The highest BCUT2D eigenvalue weighted by molar-refractivity contribution is 9.10. The van der Waals surface area contributed by atoms with Crippen LogP contribution in [-0.2, 0) is 5.88 Å². The van der Waals surface area contributed by atoms with E-state index in [-0.39, 0.29) is 0 Å². The molecule has 0 fully saturated rings. The number of alkyl halides is 1. The summed E-state index contributed by atoms with van der Waals surface area (Å²) in [4.78, 5) is 2.55. The predicted octanol–water partition coefficient (Wildman–Crippen LogP) is 5.12. The van der Waals surface area contributed by atoms with Gasteiger partial charge in [-0.25, -0.2) is 0 Å². The molecule has 4 heteroatoms. The minimum atomic E-state index is 0.597. The van der Waals surface area contributed by atoms with Gasteiger partial charge >= 0.3 is 0 Å². The first kappa shape index (κ1) is 10.8. The SMILES string of the molecule is CSc1ccc(Br)c2cc(CCl)sc12. The van der Waals surface area contributed by atoms with Crippen LogP contribution in [0.4, 0.5) is 0 Å². The molecule has 0 aliphatic carbocycles. The van der Waals surface area contributed by atoms with E-state index in [1.54, 1.807) is 23.1 Å². The summed E-state index contributed by atoms with van der Waals surface area (Å²) in [6.07, 6.45) is 2.10. The molecule has 0 saturated carbocycles. The van der Waals surface area contributed by atoms with Gasteiger partial charge in [-0.3, -0.25) is 0 Å². The lowest BCUT2D eigenvalue weighted by atomic mass is 10.2. The minimum Gasteiger partial charge on any atom is -0.138 e. The van der Waals surface area contributed by atoms with E-state index < -0.39 is 0 Å². The molecule has 0 radical (unpaired) electrons. The first-order valence-corrected chi connectivity index (χ1v) is 7.44. The van der Waals surface area contributed by atoms with Gasteiger partial charge in [-0.1, -0.05) is 15.9 Å². The molecule has 1 aromatic carbocycles. The van der Waals surface area contributed by atoms with Gasteiger partial charge in [0.05, 0.1) is 5.88 Å². The molecule has 0 spiro atoms. The lowest BCUT2D eigenvalue weighted by molar-refractivity contribution is 1.53. The largest absolute Gasteiger partial charge is 0.138 e. The highest BCUT2D eigenvalue weighted by Gasteiger charge is 2.08. The number of thioether (sulfide) groups is 1. The molecule has 0 amide bonds. The average Bonchev–Trinajstić information content (AvgIpc) is 2.63. The molecular formula is C10H8BrClS2. The van der Waals surface area contributed by atoms with E-state index in [9.17, 15) is 0 Å². The standard InChI is InChI=1S/C10H8BrClS2/c1-13-9-3-2-8(11)7-4-6(5-12)14-10(7)9/h2-4H,5H2,1H3. The van der Waals surface area contributed by atoms with Gasteiger partial charge in [0.1, 0.15) is 0 Å². The van der Waals surface area contributed by atoms with E-state index in [1.165, 1.54) is 19.9 Å². The van der Waals surface area contributed by atoms with Crippen LogP contribution in [0, 0.1) is 0 Å². The molecule has 0 saturated heterocycles. The average molecular weight is 308 g/mol. The molecule has 0 nitrogen and oxygen atoms in total. The summed E-state index contributed by atoms with van der Waals surface area (Å²) in [5.41, 5.74) is 0. The molecule has 14 heavy (non-hydrogen) atoms. The summed E-state index contributed by atoms with van der Waals surface area (Å²) in [5.74, 6) is 0.597. The van der Waals surface area contributed by atoms with Crippen molar-refractivity contribution in [3.8, 4) is 0 Å². The zero-order valence-electron chi connectivity index (χ0n) is 7.51. The fourth-order valence-electron chi connectivity index (χ4n) is 1.34. The highest BCUT2D eigenvalue weighted by atomic mass is 79.9. The third-order valence-electron chi connectivity index (χ3n) is 2.00. The van der Waals surface area contributed by atoms with Gasteiger partial charge in [0, 0.05) is 24.3 Å². The maximum atomic E-state index is 5.83. The maximum Gasteiger partial charge on any atom is 0.0568 e. The van der Waals surface area contributed by atoms with Crippen molar-refractivity contribution < 1.29 is 0 Å². The molecule has 2 aromatic rings. The van der Waals surface area contributed by atoms with E-state index in [0.29, 0.717) is 5.88 Å². The van der Waals surface area contributed by atoms with Gasteiger partial charge in [-0.15, -0.1) is 34.7 Å². The van der Waals surface area contributed by atoms with Crippen molar-refractivity contribution in [2.24, 2.45) is 0 Å². The molecule has 0 N–H and O–H groups in total. The summed E-state index contributed by atoms with van der Waals surface area (Å²) in [5, 5.41) is 1.28. The van der Waals surface area contributed by atoms with Crippen molar-refractivity contribution in [3.63, 3.8) is 0 Å². The topological polar surface area (TPSA) is 0 Å². The molecule has 0 atom stereocenters. The van der Waals surface area contributed by atoms with Crippen molar-refractivity contribution in [3.05, 3.63) is 27.5 Å². The van der Waals surface area contributed by atoms with Gasteiger partial charge in [-0.05, 0) is 24.5 Å². The van der Waals surface area contributed by atoms with Crippen molar-refractivity contribution in [2.75, 3.05) is 6.26 Å². The number of hydrogen-bond donors (Lipinski definition) is 0. The van der Waals surface area contributed by atoms with E-state index in [1.807, 2.05) is 0 Å². The second-order valence-corrected chi connectivity index (χ2v) is 5.95. The Kier molecular flexibility index (Phi) is 3.42. The van der Waals surface area contributed by atoms with Gasteiger partial charge in [-0.2, -0.15) is 0 Å². The Labute approximate surface area is 105 Å². The predicted molar refractivity (Wildman–Crippen MR) is 70.9 cm³/mol. The first-order valence-electron chi connectivity index (χ1n) is 4.07. The molecule has 74 valence electrons. The zero-order chi connectivity index (χ0) is 10.1. The third kappa shape index (κ3) is 1.83. The summed E-state index contributed by atoms with van der Waals surface area (Å²) in [6.45, 7) is 0. The van der Waals surface area contributed by atoms with Gasteiger partial charge < -0.3 is 0 Å². The minimum absolute atomic E-state index is 0.597. The number of halogens is 2. The quantitative estimate of drug-likeness (QED) is 0.548. The van der Waals surface area contributed by atoms with Gasteiger partial charge in [0.15, 0.2) is 0 Å². The van der Waals surface area contributed by atoms with Crippen LogP contribution in [0.5, 0.6) is 0 Å². The molecule has 0 aliphatic heterocycles. The van der Waals surface area contributed by atoms with Crippen LogP contribution in [0.2, 0.25) is 0 Å². The van der Waals surface area contributed by atoms with E-state index >= 15 is 0 Å². The van der Waals surface area contributed by atoms with Crippen molar-refractivity contribution in [1.82, 2.24) is 0 Å². The lowest BCUT2D eigenvalue weighted by Gasteiger charge is -1.99. The van der Waals surface area contributed by atoms with E-state index in [2.05, 4.69) is 40.4 Å². The van der Waals surface area contributed by atoms with E-state index in [0.717, 1.165) is 4.47 Å². The van der Waals surface area contributed by atoms with E-state index in [4.69, 9.17) is 11.6 Å². The van der Waals surface area contributed by atoms with Crippen molar-refractivity contribution >= 4 is 60.7 Å². The van der Waals surface area contributed by atoms with Crippen LogP contribution in [-0.4, -0.2) is 6.26 Å².